The number of ether oxygens (including phenoxy) is 1. The second-order valence-corrected chi connectivity index (χ2v) is 8.03. The Morgan fingerprint density at radius 3 is 2.68 bits per heavy atom. The second-order valence-electron chi connectivity index (χ2n) is 8.03. The number of Topliss-reactive ketones (excluding diaryl/α,β-unsaturated/α-hetero) is 1. The molecule has 5 nitrogen and oxygen atoms in total. The van der Waals surface area contributed by atoms with E-state index in [1.807, 2.05) is 13.0 Å². The third-order valence-electron chi connectivity index (χ3n) is 6.03. The standard InChI is InChI=1S/C23H27NO4/c1-14-20(23(27)28-17-9-3-2-4-10-17)21(15-7-5-8-16(25)13-15)22-18(24-14)11-6-12-19(22)26/h5,7-8,13,17,21,24-25H,2-4,6,9-12H2,1H3/t21-/m1/s1. The normalized spacial score (nSPS) is 23.3. The average molecular weight is 381 g/mol. The molecule has 148 valence electrons. The van der Waals surface area contributed by atoms with Crippen LogP contribution >= 0.6 is 0 Å². The lowest BCUT2D eigenvalue weighted by Gasteiger charge is -2.35. The molecule has 1 aromatic carbocycles. The molecule has 0 unspecified atom stereocenters. The number of carbonyl (C=O) groups is 2. The molecule has 0 aromatic heterocycles. The van der Waals surface area contributed by atoms with Crippen molar-refractivity contribution in [2.45, 2.75) is 70.3 Å². The molecule has 1 heterocycles. The zero-order valence-electron chi connectivity index (χ0n) is 16.3. The summed E-state index contributed by atoms with van der Waals surface area (Å²) in [6, 6.07) is 6.85. The molecule has 2 aliphatic carbocycles. The van der Waals surface area contributed by atoms with Crippen LogP contribution in [0.1, 0.15) is 69.8 Å². The molecular formula is C23H27NO4. The fourth-order valence-electron chi connectivity index (χ4n) is 4.69. The SMILES string of the molecule is CC1=C(C(=O)OC2CCCCC2)[C@@H](c2cccc(O)c2)C2=C(CCCC2=O)N1. The van der Waals surface area contributed by atoms with Crippen molar-refractivity contribution in [2.75, 3.05) is 0 Å². The number of phenols is 1. The fraction of sp³-hybridized carbons (Fsp3) is 0.478. The van der Waals surface area contributed by atoms with Crippen LogP contribution in [0.2, 0.25) is 0 Å². The quantitative estimate of drug-likeness (QED) is 0.766. The van der Waals surface area contributed by atoms with E-state index in [1.54, 1.807) is 18.2 Å². The lowest BCUT2D eigenvalue weighted by molar-refractivity contribution is -0.146. The van der Waals surface area contributed by atoms with Gasteiger partial charge >= 0.3 is 5.97 Å². The minimum atomic E-state index is -0.493. The molecule has 5 heteroatoms. The summed E-state index contributed by atoms with van der Waals surface area (Å²) in [7, 11) is 0. The first-order valence-electron chi connectivity index (χ1n) is 10.3. The zero-order chi connectivity index (χ0) is 19.7. The highest BCUT2D eigenvalue weighted by atomic mass is 16.5. The number of phenolic OH excluding ortho intramolecular Hbond substituents is 1. The molecular weight excluding hydrogens is 354 g/mol. The third kappa shape index (κ3) is 3.58. The number of ketones is 1. The van der Waals surface area contributed by atoms with Gasteiger partial charge in [-0.05, 0) is 63.1 Å². The van der Waals surface area contributed by atoms with E-state index in [-0.39, 0.29) is 23.6 Å². The molecule has 0 amide bonds. The van der Waals surface area contributed by atoms with Crippen LogP contribution in [0.25, 0.3) is 0 Å². The number of dihydropyridines is 1. The van der Waals surface area contributed by atoms with Gasteiger partial charge in [0, 0.05) is 29.3 Å². The smallest absolute Gasteiger partial charge is 0.337 e. The minimum absolute atomic E-state index is 0.0520. The number of hydrogen-bond acceptors (Lipinski definition) is 5. The minimum Gasteiger partial charge on any atom is -0.508 e. The predicted molar refractivity (Wildman–Crippen MR) is 106 cm³/mol. The molecule has 4 rings (SSSR count). The van der Waals surface area contributed by atoms with E-state index in [9.17, 15) is 14.7 Å². The van der Waals surface area contributed by atoms with Gasteiger partial charge < -0.3 is 15.2 Å². The van der Waals surface area contributed by atoms with Gasteiger partial charge in [-0.3, -0.25) is 4.79 Å². The molecule has 0 bridgehead atoms. The van der Waals surface area contributed by atoms with Crippen LogP contribution in [0.5, 0.6) is 5.75 Å². The first-order chi connectivity index (χ1) is 13.5. The predicted octanol–water partition coefficient (Wildman–Crippen LogP) is 4.24. The van der Waals surface area contributed by atoms with Crippen molar-refractivity contribution in [3.05, 3.63) is 52.4 Å². The topological polar surface area (TPSA) is 75.6 Å². The molecule has 1 fully saturated rings. The Morgan fingerprint density at radius 1 is 1.14 bits per heavy atom. The van der Waals surface area contributed by atoms with Crippen LogP contribution in [0, 0.1) is 0 Å². The fourth-order valence-corrected chi connectivity index (χ4v) is 4.69. The molecule has 0 saturated heterocycles. The summed E-state index contributed by atoms with van der Waals surface area (Å²) in [4.78, 5) is 26.0. The highest BCUT2D eigenvalue weighted by molar-refractivity contribution is 6.03. The van der Waals surface area contributed by atoms with E-state index < -0.39 is 5.92 Å². The van der Waals surface area contributed by atoms with Gasteiger partial charge in [0.15, 0.2) is 5.78 Å². The molecule has 1 atom stereocenters. The lowest BCUT2D eigenvalue weighted by atomic mass is 9.75. The van der Waals surface area contributed by atoms with Gasteiger partial charge in [0.05, 0.1) is 5.57 Å². The first kappa shape index (κ1) is 18.8. The Kier molecular flexibility index (Phi) is 5.25. The van der Waals surface area contributed by atoms with Gasteiger partial charge in [0.25, 0.3) is 0 Å². The van der Waals surface area contributed by atoms with Crippen LogP contribution < -0.4 is 5.32 Å². The number of aromatic hydroxyl groups is 1. The first-order valence-corrected chi connectivity index (χ1v) is 10.3. The summed E-state index contributed by atoms with van der Waals surface area (Å²) < 4.78 is 5.86. The monoisotopic (exact) mass is 381 g/mol. The van der Waals surface area contributed by atoms with Crippen molar-refractivity contribution in [3.8, 4) is 5.75 Å². The summed E-state index contributed by atoms with van der Waals surface area (Å²) >= 11 is 0. The molecule has 28 heavy (non-hydrogen) atoms. The number of hydrogen-bond donors (Lipinski definition) is 2. The molecule has 3 aliphatic rings. The van der Waals surface area contributed by atoms with Crippen molar-refractivity contribution in [1.82, 2.24) is 5.32 Å². The van der Waals surface area contributed by atoms with Crippen LogP contribution in [-0.2, 0) is 14.3 Å². The van der Waals surface area contributed by atoms with Crippen LogP contribution in [0.4, 0.5) is 0 Å². The third-order valence-corrected chi connectivity index (χ3v) is 6.03. The van der Waals surface area contributed by atoms with Crippen LogP contribution in [0.15, 0.2) is 46.8 Å². The van der Waals surface area contributed by atoms with Gasteiger partial charge in [0.2, 0.25) is 0 Å². The molecule has 0 radical (unpaired) electrons. The van der Waals surface area contributed by atoms with Crippen molar-refractivity contribution < 1.29 is 19.4 Å². The molecule has 2 N–H and O–H groups in total. The summed E-state index contributed by atoms with van der Waals surface area (Å²) in [6.07, 6.45) is 7.18. The molecule has 1 aliphatic heterocycles. The molecule has 0 spiro atoms. The molecule has 1 saturated carbocycles. The Balaban J connectivity index is 1.74. The number of allylic oxidation sites excluding steroid dienone is 3. The van der Waals surface area contributed by atoms with E-state index >= 15 is 0 Å². The van der Waals surface area contributed by atoms with Crippen molar-refractivity contribution >= 4 is 11.8 Å². The Morgan fingerprint density at radius 2 is 1.93 bits per heavy atom. The van der Waals surface area contributed by atoms with Crippen molar-refractivity contribution in [2.24, 2.45) is 0 Å². The second kappa shape index (κ2) is 7.82. The highest BCUT2D eigenvalue weighted by Gasteiger charge is 2.39. The average Bonchev–Trinajstić information content (AvgIpc) is 2.68. The van der Waals surface area contributed by atoms with Crippen LogP contribution in [-0.4, -0.2) is 23.0 Å². The number of esters is 1. The van der Waals surface area contributed by atoms with Crippen molar-refractivity contribution in [3.63, 3.8) is 0 Å². The highest BCUT2D eigenvalue weighted by Crippen LogP contribution is 2.43. The van der Waals surface area contributed by atoms with E-state index in [2.05, 4.69) is 5.32 Å². The maximum absolute atomic E-state index is 13.2. The van der Waals surface area contributed by atoms with Gasteiger partial charge in [-0.15, -0.1) is 0 Å². The number of benzene rings is 1. The Labute approximate surface area is 165 Å². The van der Waals surface area contributed by atoms with E-state index in [1.165, 1.54) is 6.42 Å². The zero-order valence-corrected chi connectivity index (χ0v) is 16.3. The van der Waals surface area contributed by atoms with Gasteiger partial charge in [-0.1, -0.05) is 18.6 Å². The Bertz CT molecular complexity index is 861. The lowest BCUT2D eigenvalue weighted by Crippen LogP contribution is -2.35. The van der Waals surface area contributed by atoms with E-state index in [0.717, 1.165) is 55.5 Å². The van der Waals surface area contributed by atoms with E-state index in [0.29, 0.717) is 17.6 Å². The van der Waals surface area contributed by atoms with Gasteiger partial charge in [-0.2, -0.15) is 0 Å². The maximum Gasteiger partial charge on any atom is 0.337 e. The number of nitrogens with one attached hydrogen (secondary N) is 1. The summed E-state index contributed by atoms with van der Waals surface area (Å²) in [5.74, 6) is -0.654. The summed E-state index contributed by atoms with van der Waals surface area (Å²) in [5, 5.41) is 13.3. The summed E-state index contributed by atoms with van der Waals surface area (Å²) in [5.41, 5.74) is 3.53. The van der Waals surface area contributed by atoms with Crippen molar-refractivity contribution in [1.29, 1.82) is 0 Å². The number of rotatable bonds is 3. The Hall–Kier alpha value is -2.56. The summed E-state index contributed by atoms with van der Waals surface area (Å²) in [6.45, 7) is 1.87. The molecule has 1 aromatic rings. The maximum atomic E-state index is 13.2. The van der Waals surface area contributed by atoms with E-state index in [4.69, 9.17) is 4.74 Å². The van der Waals surface area contributed by atoms with Gasteiger partial charge in [0.1, 0.15) is 11.9 Å². The van der Waals surface area contributed by atoms with Crippen LogP contribution in [0.3, 0.4) is 0 Å². The largest absolute Gasteiger partial charge is 0.508 e. The van der Waals surface area contributed by atoms with Gasteiger partial charge in [-0.25, -0.2) is 4.79 Å². The number of carbonyl (C=O) groups excluding carboxylic acids is 2.